The minimum absolute atomic E-state index is 0.0290. The molecule has 1 rings (SSSR count). The molecule has 0 saturated carbocycles. The third kappa shape index (κ3) is 3.87. The second-order valence-electron chi connectivity index (χ2n) is 3.06. The van der Waals surface area contributed by atoms with Crippen molar-refractivity contribution >= 4 is 22.6 Å². The molecule has 0 aromatic carbocycles. The molecular weight excluding hydrogens is 267 g/mol. The van der Waals surface area contributed by atoms with E-state index in [2.05, 4.69) is 35.6 Å². The van der Waals surface area contributed by atoms with Crippen LogP contribution in [0.25, 0.3) is 0 Å². The molecule has 0 radical (unpaired) electrons. The maximum atomic E-state index is 5.44. The molecule has 0 aromatic heterocycles. The van der Waals surface area contributed by atoms with Crippen molar-refractivity contribution in [2.24, 2.45) is 5.92 Å². The Balaban J connectivity index is 2.19. The Kier molecular flexibility index (Phi) is 5.18. The van der Waals surface area contributed by atoms with Gasteiger partial charge in [0.05, 0.1) is 13.2 Å². The topological polar surface area (TPSA) is 18.5 Å². The highest BCUT2D eigenvalue weighted by atomic mass is 127. The summed E-state index contributed by atoms with van der Waals surface area (Å²) in [5, 5.41) is 0. The Hall–Kier alpha value is 0.390. The lowest BCUT2D eigenvalue weighted by Gasteiger charge is -2.24. The van der Waals surface area contributed by atoms with Crippen LogP contribution >= 0.6 is 22.6 Å². The van der Waals surface area contributed by atoms with Crippen molar-refractivity contribution in [2.75, 3.05) is 13.2 Å². The maximum absolute atomic E-state index is 5.44. The average molecular weight is 282 g/mol. The van der Waals surface area contributed by atoms with E-state index in [1.165, 1.54) is 0 Å². The van der Waals surface area contributed by atoms with Gasteiger partial charge in [0, 0.05) is 6.42 Å². The lowest BCUT2D eigenvalue weighted by molar-refractivity contribution is -0.184. The molecule has 1 aliphatic rings. The smallest absolute Gasteiger partial charge is 0.158 e. The van der Waals surface area contributed by atoms with Crippen molar-refractivity contribution in [1.29, 1.82) is 0 Å². The molecule has 1 aliphatic heterocycles. The van der Waals surface area contributed by atoms with E-state index in [9.17, 15) is 0 Å². The van der Waals surface area contributed by atoms with Gasteiger partial charge in [-0.25, -0.2) is 0 Å². The number of ether oxygens (including phenoxy) is 2. The highest BCUT2D eigenvalue weighted by Crippen LogP contribution is 2.15. The summed E-state index contributed by atoms with van der Waals surface area (Å²) in [7, 11) is 0. The summed E-state index contributed by atoms with van der Waals surface area (Å²) in [4.78, 5) is 0. The molecule has 0 bridgehead atoms. The van der Waals surface area contributed by atoms with Crippen LogP contribution in [-0.4, -0.2) is 19.5 Å². The van der Waals surface area contributed by atoms with Gasteiger partial charge in [-0.1, -0.05) is 35.6 Å². The standard InChI is InChI=1S/C9H15IO2/c1-8(3-4-10)7-9-11-5-2-6-12-9/h3-4,8-9H,2,5-7H2,1H3/b4-3+. The normalized spacial score (nSPS) is 23.2. The fourth-order valence-corrected chi connectivity index (χ4v) is 1.89. The molecular formula is C9H15IO2. The molecule has 70 valence electrons. The molecule has 3 heteroatoms. The monoisotopic (exact) mass is 282 g/mol. The summed E-state index contributed by atoms with van der Waals surface area (Å²) in [5.74, 6) is 0.546. The van der Waals surface area contributed by atoms with Crippen molar-refractivity contribution in [1.82, 2.24) is 0 Å². The fourth-order valence-electron chi connectivity index (χ4n) is 1.18. The summed E-state index contributed by atoms with van der Waals surface area (Å²) in [6, 6.07) is 0. The summed E-state index contributed by atoms with van der Waals surface area (Å²) < 4.78 is 12.9. The Morgan fingerprint density at radius 3 is 2.75 bits per heavy atom. The predicted octanol–water partition coefficient (Wildman–Crippen LogP) is 2.72. The van der Waals surface area contributed by atoms with Gasteiger partial charge < -0.3 is 9.47 Å². The maximum Gasteiger partial charge on any atom is 0.158 e. The first-order valence-corrected chi connectivity index (χ1v) is 5.57. The first-order valence-electron chi connectivity index (χ1n) is 4.33. The van der Waals surface area contributed by atoms with Crippen molar-refractivity contribution < 1.29 is 9.47 Å². The minimum atomic E-state index is 0.0290. The van der Waals surface area contributed by atoms with Crippen molar-refractivity contribution in [2.45, 2.75) is 26.1 Å². The predicted molar refractivity (Wildman–Crippen MR) is 57.3 cm³/mol. The molecule has 1 heterocycles. The fraction of sp³-hybridized carbons (Fsp3) is 0.778. The summed E-state index contributed by atoms with van der Waals surface area (Å²) in [6.45, 7) is 3.88. The Morgan fingerprint density at radius 2 is 2.17 bits per heavy atom. The van der Waals surface area contributed by atoms with Crippen LogP contribution < -0.4 is 0 Å². The number of hydrogen-bond acceptors (Lipinski definition) is 2. The number of halogens is 1. The first kappa shape index (κ1) is 10.5. The molecule has 12 heavy (non-hydrogen) atoms. The molecule has 0 aliphatic carbocycles. The molecule has 0 N–H and O–H groups in total. The van der Waals surface area contributed by atoms with E-state index in [0.717, 1.165) is 26.1 Å². The van der Waals surface area contributed by atoms with Crippen LogP contribution in [0.15, 0.2) is 10.2 Å². The molecule has 0 spiro atoms. The largest absolute Gasteiger partial charge is 0.353 e. The lowest BCUT2D eigenvalue weighted by atomic mass is 10.1. The van der Waals surface area contributed by atoms with E-state index in [1.807, 2.05) is 4.08 Å². The number of hydrogen-bond donors (Lipinski definition) is 0. The van der Waals surface area contributed by atoms with Gasteiger partial charge in [0.1, 0.15) is 0 Å². The van der Waals surface area contributed by atoms with Crippen LogP contribution in [0.4, 0.5) is 0 Å². The highest BCUT2D eigenvalue weighted by molar-refractivity contribution is 14.1. The molecule has 1 saturated heterocycles. The summed E-state index contributed by atoms with van der Waals surface area (Å²) in [6.07, 6.45) is 4.20. The third-order valence-corrected chi connectivity index (χ3v) is 2.28. The van der Waals surface area contributed by atoms with Gasteiger partial charge in [-0.3, -0.25) is 0 Å². The van der Waals surface area contributed by atoms with Crippen LogP contribution in [0.5, 0.6) is 0 Å². The number of allylic oxidation sites excluding steroid dienone is 1. The minimum Gasteiger partial charge on any atom is -0.353 e. The summed E-state index contributed by atoms with van der Waals surface area (Å²) >= 11 is 2.23. The van der Waals surface area contributed by atoms with Crippen LogP contribution in [0.2, 0.25) is 0 Å². The van der Waals surface area contributed by atoms with E-state index in [4.69, 9.17) is 9.47 Å². The van der Waals surface area contributed by atoms with E-state index < -0.39 is 0 Å². The summed E-state index contributed by atoms with van der Waals surface area (Å²) in [5.41, 5.74) is 0. The van der Waals surface area contributed by atoms with Crippen LogP contribution in [0, 0.1) is 5.92 Å². The zero-order chi connectivity index (χ0) is 8.81. The van der Waals surface area contributed by atoms with Gasteiger partial charge in [0.15, 0.2) is 6.29 Å². The van der Waals surface area contributed by atoms with Gasteiger partial charge in [-0.05, 0) is 16.4 Å². The SMILES string of the molecule is CC(/C=C/I)CC1OCCCO1. The van der Waals surface area contributed by atoms with E-state index >= 15 is 0 Å². The Labute approximate surface area is 87.5 Å². The van der Waals surface area contributed by atoms with Crippen molar-refractivity contribution in [3.05, 3.63) is 10.2 Å². The highest BCUT2D eigenvalue weighted by Gasteiger charge is 2.15. The molecule has 2 nitrogen and oxygen atoms in total. The van der Waals surface area contributed by atoms with E-state index in [0.29, 0.717) is 5.92 Å². The number of rotatable bonds is 3. The molecule has 1 unspecified atom stereocenters. The Morgan fingerprint density at radius 1 is 1.50 bits per heavy atom. The third-order valence-electron chi connectivity index (χ3n) is 1.86. The lowest BCUT2D eigenvalue weighted by Crippen LogP contribution is -2.26. The second kappa shape index (κ2) is 5.94. The van der Waals surface area contributed by atoms with E-state index in [-0.39, 0.29) is 6.29 Å². The van der Waals surface area contributed by atoms with Gasteiger partial charge in [0.2, 0.25) is 0 Å². The quantitative estimate of drug-likeness (QED) is 0.741. The van der Waals surface area contributed by atoms with Crippen LogP contribution in [-0.2, 0) is 9.47 Å². The molecule has 1 fully saturated rings. The van der Waals surface area contributed by atoms with E-state index in [1.54, 1.807) is 0 Å². The van der Waals surface area contributed by atoms with Crippen LogP contribution in [0.3, 0.4) is 0 Å². The van der Waals surface area contributed by atoms with Gasteiger partial charge >= 0.3 is 0 Å². The zero-order valence-electron chi connectivity index (χ0n) is 7.33. The molecule has 0 aromatic rings. The molecule has 0 amide bonds. The van der Waals surface area contributed by atoms with Gasteiger partial charge in [-0.15, -0.1) is 0 Å². The van der Waals surface area contributed by atoms with Crippen LogP contribution in [0.1, 0.15) is 19.8 Å². The van der Waals surface area contributed by atoms with Gasteiger partial charge in [-0.2, -0.15) is 0 Å². The van der Waals surface area contributed by atoms with Gasteiger partial charge in [0.25, 0.3) is 0 Å². The Bertz CT molecular complexity index is 141. The average Bonchev–Trinajstić information content (AvgIpc) is 2.06. The second-order valence-corrected chi connectivity index (χ2v) is 3.78. The zero-order valence-corrected chi connectivity index (χ0v) is 9.49. The van der Waals surface area contributed by atoms with Crippen molar-refractivity contribution in [3.8, 4) is 0 Å². The van der Waals surface area contributed by atoms with Crippen molar-refractivity contribution in [3.63, 3.8) is 0 Å². The first-order chi connectivity index (χ1) is 5.83. The molecule has 1 atom stereocenters.